The first-order valence-corrected chi connectivity index (χ1v) is 5.18. The predicted molar refractivity (Wildman–Crippen MR) is 61.4 cm³/mol. The number of ether oxygens (including phenoxy) is 1. The van der Waals surface area contributed by atoms with Crippen molar-refractivity contribution in [3.05, 3.63) is 28.9 Å². The van der Waals surface area contributed by atoms with Gasteiger partial charge in [-0.15, -0.1) is 0 Å². The van der Waals surface area contributed by atoms with Crippen LogP contribution in [-0.2, 0) is 0 Å². The van der Waals surface area contributed by atoms with Gasteiger partial charge in [-0.3, -0.25) is 0 Å². The Balaban J connectivity index is 2.74. The van der Waals surface area contributed by atoms with E-state index in [2.05, 4.69) is 4.98 Å². The van der Waals surface area contributed by atoms with Crippen molar-refractivity contribution in [1.29, 1.82) is 0 Å². The summed E-state index contributed by atoms with van der Waals surface area (Å²) in [6, 6.07) is 3.17. The number of benzene rings is 1. The van der Waals surface area contributed by atoms with Gasteiger partial charge in [0.1, 0.15) is 5.75 Å². The highest BCUT2D eigenvalue weighted by atomic mass is 35.5. The highest BCUT2D eigenvalue weighted by Gasteiger charge is 2.16. The van der Waals surface area contributed by atoms with Crippen LogP contribution in [-0.4, -0.2) is 22.7 Å². The van der Waals surface area contributed by atoms with E-state index in [1.807, 2.05) is 6.92 Å². The molecule has 84 valence electrons. The summed E-state index contributed by atoms with van der Waals surface area (Å²) >= 11 is 5.99. The van der Waals surface area contributed by atoms with Crippen LogP contribution < -0.4 is 4.74 Å². The molecule has 0 aliphatic heterocycles. The Morgan fingerprint density at radius 1 is 1.62 bits per heavy atom. The number of rotatable bonds is 3. The van der Waals surface area contributed by atoms with E-state index in [0.717, 1.165) is 5.52 Å². The van der Waals surface area contributed by atoms with Gasteiger partial charge in [0.15, 0.2) is 0 Å². The van der Waals surface area contributed by atoms with Crippen LogP contribution in [0.2, 0.25) is 5.02 Å². The van der Waals surface area contributed by atoms with Crippen LogP contribution in [0.1, 0.15) is 17.3 Å². The lowest BCUT2D eigenvalue weighted by atomic mass is 10.1. The highest BCUT2D eigenvalue weighted by Crippen LogP contribution is 2.34. The molecule has 0 unspecified atom stereocenters. The molecule has 0 aliphatic rings. The van der Waals surface area contributed by atoms with Gasteiger partial charge in [-0.2, -0.15) is 0 Å². The quantitative estimate of drug-likeness (QED) is 0.866. The van der Waals surface area contributed by atoms with Crippen LogP contribution in [0.4, 0.5) is 0 Å². The number of fused-ring (bicyclic) bond motifs is 1. The standard InChI is InChI=1S/C11H10ClNO3/c1-2-16-8-5-7(11(14)15)9(12)6-3-4-13-10(6)8/h3-5,13H,2H2,1H3,(H,14,15). The second kappa shape index (κ2) is 4.06. The zero-order valence-corrected chi connectivity index (χ0v) is 9.34. The minimum atomic E-state index is -1.06. The lowest BCUT2D eigenvalue weighted by Crippen LogP contribution is -2.00. The molecule has 16 heavy (non-hydrogen) atoms. The molecule has 0 saturated carbocycles. The number of nitrogens with one attached hydrogen (secondary N) is 1. The second-order valence-corrected chi connectivity index (χ2v) is 3.62. The van der Waals surface area contributed by atoms with Crippen LogP contribution in [0.3, 0.4) is 0 Å². The van der Waals surface area contributed by atoms with E-state index in [1.54, 1.807) is 12.3 Å². The summed E-state index contributed by atoms with van der Waals surface area (Å²) in [5.41, 5.74) is 0.772. The monoisotopic (exact) mass is 239 g/mol. The van der Waals surface area contributed by atoms with Gasteiger partial charge in [0.25, 0.3) is 0 Å². The fourth-order valence-electron chi connectivity index (χ4n) is 1.59. The Kier molecular flexibility index (Phi) is 2.75. The van der Waals surface area contributed by atoms with Gasteiger partial charge >= 0.3 is 5.97 Å². The maximum absolute atomic E-state index is 11.0. The number of aromatic nitrogens is 1. The molecule has 1 heterocycles. The molecule has 0 atom stereocenters. The van der Waals surface area contributed by atoms with E-state index in [9.17, 15) is 4.79 Å². The molecule has 0 saturated heterocycles. The van der Waals surface area contributed by atoms with Crippen molar-refractivity contribution >= 4 is 28.5 Å². The molecule has 2 N–H and O–H groups in total. The number of H-pyrrole nitrogens is 1. The third-order valence-electron chi connectivity index (χ3n) is 2.27. The van der Waals surface area contributed by atoms with Crippen molar-refractivity contribution in [1.82, 2.24) is 4.98 Å². The first-order chi connectivity index (χ1) is 7.65. The first kappa shape index (κ1) is 10.8. The summed E-state index contributed by atoms with van der Waals surface area (Å²) in [7, 11) is 0. The number of aromatic carboxylic acids is 1. The Morgan fingerprint density at radius 2 is 2.38 bits per heavy atom. The van der Waals surface area contributed by atoms with E-state index < -0.39 is 5.97 Å². The molecule has 0 fully saturated rings. The average Bonchev–Trinajstić information content (AvgIpc) is 2.71. The number of halogens is 1. The fourth-order valence-corrected chi connectivity index (χ4v) is 1.89. The molecule has 2 rings (SSSR count). The number of hydrogen-bond acceptors (Lipinski definition) is 2. The molecule has 0 spiro atoms. The van der Waals surface area contributed by atoms with Gasteiger partial charge in [-0.1, -0.05) is 11.6 Å². The third-order valence-corrected chi connectivity index (χ3v) is 2.68. The molecule has 4 nitrogen and oxygen atoms in total. The highest BCUT2D eigenvalue weighted by molar-refractivity contribution is 6.38. The third kappa shape index (κ3) is 1.61. The molecule has 1 aromatic heterocycles. The van der Waals surface area contributed by atoms with E-state index in [1.165, 1.54) is 6.07 Å². The van der Waals surface area contributed by atoms with Gasteiger partial charge < -0.3 is 14.8 Å². The van der Waals surface area contributed by atoms with E-state index >= 15 is 0 Å². The average molecular weight is 240 g/mol. The summed E-state index contributed by atoms with van der Waals surface area (Å²) in [6.07, 6.45) is 1.70. The topological polar surface area (TPSA) is 62.3 Å². The summed E-state index contributed by atoms with van der Waals surface area (Å²) in [4.78, 5) is 14.0. The van der Waals surface area contributed by atoms with E-state index in [4.69, 9.17) is 21.4 Å². The van der Waals surface area contributed by atoms with E-state index in [0.29, 0.717) is 17.7 Å². The molecule has 5 heteroatoms. The van der Waals surface area contributed by atoms with Crippen LogP contribution in [0, 0.1) is 0 Å². The Labute approximate surface area is 96.8 Å². The fraction of sp³-hybridized carbons (Fsp3) is 0.182. The Bertz CT molecular complexity index is 547. The van der Waals surface area contributed by atoms with Crippen LogP contribution in [0.25, 0.3) is 10.9 Å². The number of carbonyl (C=O) groups is 1. The maximum Gasteiger partial charge on any atom is 0.337 e. The van der Waals surface area contributed by atoms with Crippen LogP contribution >= 0.6 is 11.6 Å². The van der Waals surface area contributed by atoms with E-state index in [-0.39, 0.29) is 10.6 Å². The van der Waals surface area contributed by atoms with Crippen molar-refractivity contribution in [2.45, 2.75) is 6.92 Å². The molecular formula is C11H10ClNO3. The minimum Gasteiger partial charge on any atom is -0.492 e. The van der Waals surface area contributed by atoms with Crippen molar-refractivity contribution in [2.24, 2.45) is 0 Å². The zero-order valence-electron chi connectivity index (χ0n) is 8.58. The normalized spacial score (nSPS) is 10.6. The van der Waals surface area contributed by atoms with Crippen molar-refractivity contribution in [2.75, 3.05) is 6.61 Å². The molecule has 1 aromatic carbocycles. The van der Waals surface area contributed by atoms with Gasteiger partial charge in [-0.05, 0) is 19.1 Å². The first-order valence-electron chi connectivity index (χ1n) is 4.80. The van der Waals surface area contributed by atoms with Gasteiger partial charge in [0, 0.05) is 11.6 Å². The smallest absolute Gasteiger partial charge is 0.337 e. The molecule has 0 radical (unpaired) electrons. The van der Waals surface area contributed by atoms with Crippen LogP contribution in [0.15, 0.2) is 18.3 Å². The van der Waals surface area contributed by atoms with Gasteiger partial charge in [0.2, 0.25) is 0 Å². The molecule has 0 bridgehead atoms. The van der Waals surface area contributed by atoms with Gasteiger partial charge in [0.05, 0.1) is 22.7 Å². The SMILES string of the molecule is CCOc1cc(C(=O)O)c(Cl)c2cc[nH]c12. The molecule has 0 amide bonds. The number of aromatic amines is 1. The van der Waals surface area contributed by atoms with Crippen molar-refractivity contribution < 1.29 is 14.6 Å². The number of carboxylic acids is 1. The minimum absolute atomic E-state index is 0.0530. The Morgan fingerprint density at radius 3 is 3.00 bits per heavy atom. The number of carboxylic acid groups (broad SMARTS) is 1. The summed E-state index contributed by atoms with van der Waals surface area (Å²) < 4.78 is 5.37. The summed E-state index contributed by atoms with van der Waals surface area (Å²) in [5.74, 6) is -0.557. The lowest BCUT2D eigenvalue weighted by Gasteiger charge is -2.08. The largest absolute Gasteiger partial charge is 0.492 e. The maximum atomic E-state index is 11.0. The summed E-state index contributed by atoms with van der Waals surface area (Å²) in [6.45, 7) is 2.30. The van der Waals surface area contributed by atoms with Crippen LogP contribution in [0.5, 0.6) is 5.75 Å². The molecule has 2 aromatic rings. The Hall–Kier alpha value is -1.68. The molecular weight excluding hydrogens is 230 g/mol. The second-order valence-electron chi connectivity index (χ2n) is 3.24. The lowest BCUT2D eigenvalue weighted by molar-refractivity contribution is 0.0697. The predicted octanol–water partition coefficient (Wildman–Crippen LogP) is 2.92. The van der Waals surface area contributed by atoms with Crippen molar-refractivity contribution in [3.8, 4) is 5.75 Å². The van der Waals surface area contributed by atoms with Gasteiger partial charge in [-0.25, -0.2) is 4.79 Å². The number of hydrogen-bond donors (Lipinski definition) is 2. The van der Waals surface area contributed by atoms with Crippen molar-refractivity contribution in [3.63, 3.8) is 0 Å². The molecule has 0 aliphatic carbocycles. The zero-order chi connectivity index (χ0) is 11.7. The summed E-state index contributed by atoms with van der Waals surface area (Å²) in [5, 5.41) is 9.89.